The van der Waals surface area contributed by atoms with Crippen LogP contribution in [0.5, 0.6) is 0 Å². The zero-order chi connectivity index (χ0) is 4.85. The van der Waals surface area contributed by atoms with E-state index in [1.165, 1.54) is 12.8 Å². The van der Waals surface area contributed by atoms with Crippen LogP contribution in [0.2, 0.25) is 0 Å². The van der Waals surface area contributed by atoms with Crippen molar-refractivity contribution in [2.45, 2.75) is 31.8 Å². The molecule has 2 rings (SSSR count). The average Bonchev–Trinajstić information content (AvgIpc) is 2.41. The fourth-order valence-electron chi connectivity index (χ4n) is 1.36. The SMILES string of the molecule is CCCC1C2NC12. The highest BCUT2D eigenvalue weighted by Crippen LogP contribution is 2.47. The lowest BCUT2D eigenvalue weighted by molar-refractivity contribution is 0.572. The predicted octanol–water partition coefficient (Wildman–Crippen LogP) is 0.757. The fourth-order valence-corrected chi connectivity index (χ4v) is 1.36. The maximum Gasteiger partial charge on any atom is 0.0271 e. The molecule has 1 heteroatoms. The number of nitrogens with one attached hydrogen (secondary N) is 1. The van der Waals surface area contributed by atoms with E-state index in [0.29, 0.717) is 0 Å². The van der Waals surface area contributed by atoms with Crippen LogP contribution >= 0.6 is 0 Å². The van der Waals surface area contributed by atoms with E-state index in [2.05, 4.69) is 12.2 Å². The Balaban J connectivity index is 1.73. The van der Waals surface area contributed by atoms with E-state index in [1.54, 1.807) is 0 Å². The largest absolute Gasteiger partial charge is 0.307 e. The highest BCUT2D eigenvalue weighted by atomic mass is 15.3. The van der Waals surface area contributed by atoms with Crippen molar-refractivity contribution in [3.05, 3.63) is 0 Å². The van der Waals surface area contributed by atoms with E-state index in [1.807, 2.05) is 0 Å². The van der Waals surface area contributed by atoms with E-state index in [9.17, 15) is 0 Å². The summed E-state index contributed by atoms with van der Waals surface area (Å²) in [4.78, 5) is 0. The first-order chi connectivity index (χ1) is 3.43. The molecule has 1 aliphatic heterocycles. The molecule has 40 valence electrons. The number of fused-ring (bicyclic) bond motifs is 1. The lowest BCUT2D eigenvalue weighted by atomic mass is 10.2. The van der Waals surface area contributed by atoms with Gasteiger partial charge in [0.2, 0.25) is 0 Å². The lowest BCUT2D eigenvalue weighted by Gasteiger charge is -1.96. The number of hydrogen-bond donors (Lipinski definition) is 1. The number of hydrogen-bond acceptors (Lipinski definition) is 1. The molecule has 1 heterocycles. The van der Waals surface area contributed by atoms with E-state index in [-0.39, 0.29) is 0 Å². The highest BCUT2D eigenvalue weighted by Gasteiger charge is 2.63. The third kappa shape index (κ3) is 0.418. The summed E-state index contributed by atoms with van der Waals surface area (Å²) in [5.74, 6) is 1.10. The van der Waals surface area contributed by atoms with Gasteiger partial charge in [-0.05, 0) is 12.3 Å². The van der Waals surface area contributed by atoms with Crippen molar-refractivity contribution >= 4 is 0 Å². The van der Waals surface area contributed by atoms with Gasteiger partial charge < -0.3 is 5.32 Å². The normalized spacial score (nSPS) is 53.6. The van der Waals surface area contributed by atoms with Crippen LogP contribution in [0.1, 0.15) is 19.8 Å². The van der Waals surface area contributed by atoms with Gasteiger partial charge in [-0.1, -0.05) is 13.3 Å². The summed E-state index contributed by atoms with van der Waals surface area (Å²) in [6.07, 6.45) is 2.84. The maximum absolute atomic E-state index is 3.33. The average molecular weight is 97.2 g/mol. The highest BCUT2D eigenvalue weighted by molar-refractivity contribution is 5.23. The minimum Gasteiger partial charge on any atom is -0.307 e. The smallest absolute Gasteiger partial charge is 0.0271 e. The van der Waals surface area contributed by atoms with E-state index < -0.39 is 0 Å². The molecular weight excluding hydrogens is 86.1 g/mol. The minimum atomic E-state index is 0.986. The second-order valence-corrected chi connectivity index (χ2v) is 2.67. The predicted molar refractivity (Wildman–Crippen MR) is 29.1 cm³/mol. The molecule has 1 aliphatic carbocycles. The molecule has 2 atom stereocenters. The van der Waals surface area contributed by atoms with Gasteiger partial charge in [0, 0.05) is 12.1 Å². The van der Waals surface area contributed by atoms with Gasteiger partial charge in [0.05, 0.1) is 0 Å². The van der Waals surface area contributed by atoms with Crippen LogP contribution < -0.4 is 5.32 Å². The Labute approximate surface area is 44.1 Å². The minimum absolute atomic E-state index is 0.986. The first-order valence-corrected chi connectivity index (χ1v) is 3.19. The topological polar surface area (TPSA) is 21.9 Å². The van der Waals surface area contributed by atoms with Crippen molar-refractivity contribution in [1.29, 1.82) is 0 Å². The first-order valence-electron chi connectivity index (χ1n) is 3.19. The second-order valence-electron chi connectivity index (χ2n) is 2.67. The third-order valence-electron chi connectivity index (χ3n) is 2.07. The Morgan fingerprint density at radius 1 is 1.43 bits per heavy atom. The molecule has 0 aromatic carbocycles. The molecule has 2 unspecified atom stereocenters. The van der Waals surface area contributed by atoms with Gasteiger partial charge in [0.1, 0.15) is 0 Å². The molecule has 1 saturated heterocycles. The zero-order valence-corrected chi connectivity index (χ0v) is 4.65. The van der Waals surface area contributed by atoms with E-state index >= 15 is 0 Å². The van der Waals surface area contributed by atoms with Crippen molar-refractivity contribution in [2.24, 2.45) is 5.92 Å². The van der Waals surface area contributed by atoms with Gasteiger partial charge in [0.25, 0.3) is 0 Å². The summed E-state index contributed by atoms with van der Waals surface area (Å²) in [5, 5.41) is 3.33. The van der Waals surface area contributed by atoms with Gasteiger partial charge in [-0.2, -0.15) is 0 Å². The van der Waals surface area contributed by atoms with Gasteiger partial charge in [0.15, 0.2) is 0 Å². The van der Waals surface area contributed by atoms with Gasteiger partial charge in [-0.25, -0.2) is 0 Å². The Hall–Kier alpha value is -0.0400. The molecule has 1 nitrogen and oxygen atoms in total. The van der Waals surface area contributed by atoms with Gasteiger partial charge in [-0.3, -0.25) is 0 Å². The summed E-state index contributed by atoms with van der Waals surface area (Å²) < 4.78 is 0. The van der Waals surface area contributed by atoms with Crippen LogP contribution in [0.4, 0.5) is 0 Å². The molecule has 0 spiro atoms. The molecule has 7 heavy (non-hydrogen) atoms. The summed E-state index contributed by atoms with van der Waals surface area (Å²) in [6, 6.07) is 1.97. The molecule has 2 aliphatic rings. The standard InChI is InChI=1S/C6H11N/c1-2-3-4-5-6(4)7-5/h4-7H,2-3H2,1H3. The van der Waals surface area contributed by atoms with Crippen LogP contribution in [0.15, 0.2) is 0 Å². The van der Waals surface area contributed by atoms with Crippen molar-refractivity contribution < 1.29 is 0 Å². The van der Waals surface area contributed by atoms with Gasteiger partial charge in [-0.15, -0.1) is 0 Å². The van der Waals surface area contributed by atoms with Crippen molar-refractivity contribution in [2.75, 3.05) is 0 Å². The quantitative estimate of drug-likeness (QED) is 0.505. The molecule has 2 fully saturated rings. The zero-order valence-electron chi connectivity index (χ0n) is 4.65. The van der Waals surface area contributed by atoms with Crippen LogP contribution in [-0.2, 0) is 0 Å². The Morgan fingerprint density at radius 3 is 2.29 bits per heavy atom. The molecule has 0 bridgehead atoms. The fraction of sp³-hybridized carbons (Fsp3) is 1.00. The van der Waals surface area contributed by atoms with Crippen molar-refractivity contribution in [3.8, 4) is 0 Å². The molecule has 1 N–H and O–H groups in total. The molecule has 0 radical (unpaired) electrons. The van der Waals surface area contributed by atoms with Crippen molar-refractivity contribution in [1.82, 2.24) is 5.32 Å². The van der Waals surface area contributed by atoms with Gasteiger partial charge >= 0.3 is 0 Å². The molecule has 0 aromatic heterocycles. The lowest BCUT2D eigenvalue weighted by Crippen LogP contribution is -2.06. The maximum atomic E-state index is 3.33. The number of rotatable bonds is 2. The van der Waals surface area contributed by atoms with Crippen LogP contribution in [0.3, 0.4) is 0 Å². The molecule has 0 aromatic rings. The Morgan fingerprint density at radius 2 is 2.14 bits per heavy atom. The van der Waals surface area contributed by atoms with Crippen LogP contribution in [-0.4, -0.2) is 12.1 Å². The third-order valence-corrected chi connectivity index (χ3v) is 2.07. The van der Waals surface area contributed by atoms with Crippen molar-refractivity contribution in [3.63, 3.8) is 0 Å². The van der Waals surface area contributed by atoms with Crippen LogP contribution in [0, 0.1) is 5.92 Å². The molecule has 1 saturated carbocycles. The first kappa shape index (κ1) is 3.90. The molecule has 0 amide bonds. The molecular formula is C6H11N. The monoisotopic (exact) mass is 97.1 g/mol. The summed E-state index contributed by atoms with van der Waals surface area (Å²) >= 11 is 0. The van der Waals surface area contributed by atoms with Crippen LogP contribution in [0.25, 0.3) is 0 Å². The summed E-state index contributed by atoms with van der Waals surface area (Å²) in [6.45, 7) is 2.26. The second kappa shape index (κ2) is 1.03. The summed E-state index contributed by atoms with van der Waals surface area (Å²) in [7, 11) is 0. The Kier molecular flexibility index (Phi) is 0.571. The Bertz CT molecular complexity index is 82.2. The van der Waals surface area contributed by atoms with E-state index in [0.717, 1.165) is 18.0 Å². The summed E-state index contributed by atoms with van der Waals surface area (Å²) in [5.41, 5.74) is 0. The van der Waals surface area contributed by atoms with E-state index in [4.69, 9.17) is 0 Å².